The second kappa shape index (κ2) is 9.49. The van der Waals surface area contributed by atoms with Crippen LogP contribution in [0, 0.1) is 5.92 Å². The molecule has 4 nitrogen and oxygen atoms in total. The van der Waals surface area contributed by atoms with Gasteiger partial charge in [-0.25, -0.2) is 0 Å². The first-order chi connectivity index (χ1) is 13.9. The Kier molecular flexibility index (Phi) is 7.01. The van der Waals surface area contributed by atoms with Gasteiger partial charge in [0.15, 0.2) is 0 Å². The van der Waals surface area contributed by atoms with Crippen LogP contribution in [0.2, 0.25) is 10.0 Å². The van der Waals surface area contributed by atoms with Gasteiger partial charge in [-0.3, -0.25) is 10.1 Å². The normalized spacial score (nSPS) is 12.3. The number of hydrogen-bond acceptors (Lipinski definition) is 3. The topological polar surface area (TPSA) is 58.6 Å². The summed E-state index contributed by atoms with van der Waals surface area (Å²) in [7, 11) is 0. The highest BCUT2D eigenvalue weighted by atomic mass is 35.5. The number of aliphatic carboxylic acids is 1. The number of halogens is 2. The number of benzene rings is 3. The molecule has 1 atom stereocenters. The van der Waals surface area contributed by atoms with Gasteiger partial charge in [-0.2, -0.15) is 0 Å². The van der Waals surface area contributed by atoms with Crippen molar-refractivity contribution in [3.63, 3.8) is 0 Å². The van der Waals surface area contributed by atoms with Crippen molar-refractivity contribution >= 4 is 39.9 Å². The van der Waals surface area contributed by atoms with Crippen LogP contribution in [-0.2, 0) is 17.9 Å². The third-order valence-corrected chi connectivity index (χ3v) is 5.55. The van der Waals surface area contributed by atoms with Crippen LogP contribution in [0.15, 0.2) is 54.6 Å². The van der Waals surface area contributed by atoms with E-state index in [1.165, 1.54) is 0 Å². The smallest absolute Gasteiger partial charge is 0.320 e. The molecular formula is C23H23Cl2NO3. The van der Waals surface area contributed by atoms with E-state index in [0.717, 1.165) is 21.9 Å². The summed E-state index contributed by atoms with van der Waals surface area (Å²) in [5.74, 6) is -0.197. The van der Waals surface area contributed by atoms with E-state index in [9.17, 15) is 9.90 Å². The van der Waals surface area contributed by atoms with Crippen LogP contribution in [0.1, 0.15) is 25.0 Å². The van der Waals surface area contributed by atoms with Gasteiger partial charge in [0.25, 0.3) is 0 Å². The number of fused-ring (bicyclic) bond motifs is 1. The Bertz CT molecular complexity index is 1020. The second-order valence-electron chi connectivity index (χ2n) is 7.24. The highest BCUT2D eigenvalue weighted by Gasteiger charge is 2.21. The first kappa shape index (κ1) is 21.4. The number of carboxylic acid groups (broad SMARTS) is 1. The third-order valence-electron chi connectivity index (χ3n) is 4.81. The zero-order chi connectivity index (χ0) is 21.0. The van der Waals surface area contributed by atoms with Gasteiger partial charge in [0.05, 0.1) is 10.0 Å². The Morgan fingerprint density at radius 2 is 1.83 bits per heavy atom. The van der Waals surface area contributed by atoms with Gasteiger partial charge in [-0.15, -0.1) is 0 Å². The second-order valence-corrected chi connectivity index (χ2v) is 8.06. The average Bonchev–Trinajstić information content (AvgIpc) is 2.69. The lowest BCUT2D eigenvalue weighted by atomic mass is 10.0. The molecule has 0 amide bonds. The standard InChI is InChI=1S/C23H23Cl2NO3/c1-14(2)22(23(27)28)26-12-18-17-6-4-3-5-16(17)8-10-21(18)29-13-15-7-9-19(24)20(25)11-15/h3-11,14,22,26H,12-13H2,1-2H3,(H,27,28). The molecule has 3 aromatic carbocycles. The third kappa shape index (κ3) is 5.21. The fraction of sp³-hybridized carbons (Fsp3) is 0.261. The molecule has 0 fully saturated rings. The van der Waals surface area contributed by atoms with Crippen molar-refractivity contribution in [1.82, 2.24) is 5.32 Å². The van der Waals surface area contributed by atoms with Gasteiger partial charge in [-0.1, -0.05) is 73.4 Å². The summed E-state index contributed by atoms with van der Waals surface area (Å²) >= 11 is 12.1. The largest absolute Gasteiger partial charge is 0.489 e. The highest BCUT2D eigenvalue weighted by molar-refractivity contribution is 6.42. The zero-order valence-corrected chi connectivity index (χ0v) is 17.8. The van der Waals surface area contributed by atoms with Gasteiger partial charge in [0, 0.05) is 12.1 Å². The molecule has 1 unspecified atom stereocenters. The van der Waals surface area contributed by atoms with Crippen molar-refractivity contribution in [1.29, 1.82) is 0 Å². The average molecular weight is 432 g/mol. The van der Waals surface area contributed by atoms with Crippen LogP contribution in [-0.4, -0.2) is 17.1 Å². The summed E-state index contributed by atoms with van der Waals surface area (Å²) in [6.07, 6.45) is 0. The summed E-state index contributed by atoms with van der Waals surface area (Å²) in [5.41, 5.74) is 1.83. The zero-order valence-electron chi connectivity index (χ0n) is 16.3. The summed E-state index contributed by atoms with van der Waals surface area (Å²) in [6.45, 7) is 4.48. The van der Waals surface area contributed by atoms with Crippen LogP contribution in [0.4, 0.5) is 0 Å². The molecule has 29 heavy (non-hydrogen) atoms. The van der Waals surface area contributed by atoms with Crippen LogP contribution in [0.5, 0.6) is 5.75 Å². The van der Waals surface area contributed by atoms with Gasteiger partial charge in [0.1, 0.15) is 18.4 Å². The minimum absolute atomic E-state index is 0.0388. The van der Waals surface area contributed by atoms with E-state index >= 15 is 0 Å². The highest BCUT2D eigenvalue weighted by Crippen LogP contribution is 2.30. The maximum Gasteiger partial charge on any atom is 0.320 e. The predicted molar refractivity (Wildman–Crippen MR) is 118 cm³/mol. The Morgan fingerprint density at radius 3 is 2.52 bits per heavy atom. The summed E-state index contributed by atoms with van der Waals surface area (Å²) in [4.78, 5) is 11.6. The van der Waals surface area contributed by atoms with Gasteiger partial charge < -0.3 is 9.84 Å². The van der Waals surface area contributed by atoms with Crippen molar-refractivity contribution in [3.05, 3.63) is 75.8 Å². The molecule has 0 aromatic heterocycles. The van der Waals surface area contributed by atoms with Crippen molar-refractivity contribution in [2.45, 2.75) is 33.0 Å². The maximum atomic E-state index is 11.6. The Hall–Kier alpha value is -2.27. The molecule has 0 aliphatic rings. The quantitative estimate of drug-likeness (QED) is 0.464. The number of carbonyl (C=O) groups is 1. The molecule has 6 heteroatoms. The summed E-state index contributed by atoms with van der Waals surface area (Å²) < 4.78 is 6.09. The monoisotopic (exact) mass is 431 g/mol. The molecule has 2 N–H and O–H groups in total. The SMILES string of the molecule is CC(C)C(NCc1c(OCc2ccc(Cl)c(Cl)c2)ccc2ccccc12)C(=O)O. The van der Waals surface area contributed by atoms with Gasteiger partial charge in [-0.05, 0) is 40.5 Å². The molecule has 0 aliphatic heterocycles. The first-order valence-corrected chi connectivity index (χ1v) is 10.2. The molecule has 0 saturated carbocycles. The number of hydrogen-bond donors (Lipinski definition) is 2. The Morgan fingerprint density at radius 1 is 1.07 bits per heavy atom. The molecule has 0 saturated heterocycles. The minimum Gasteiger partial charge on any atom is -0.489 e. The molecule has 0 heterocycles. The summed E-state index contributed by atoms with van der Waals surface area (Å²) in [6, 6.07) is 16.6. The number of rotatable bonds is 8. The Labute approximate surface area is 180 Å². The molecule has 152 valence electrons. The lowest BCUT2D eigenvalue weighted by Crippen LogP contribution is -2.40. The van der Waals surface area contributed by atoms with Crippen molar-refractivity contribution in [3.8, 4) is 5.75 Å². The fourth-order valence-electron chi connectivity index (χ4n) is 3.24. The van der Waals surface area contributed by atoms with Gasteiger partial charge >= 0.3 is 5.97 Å². The molecule has 3 rings (SSSR count). The fourth-order valence-corrected chi connectivity index (χ4v) is 3.56. The lowest BCUT2D eigenvalue weighted by molar-refractivity contribution is -0.140. The molecule has 0 spiro atoms. The molecular weight excluding hydrogens is 409 g/mol. The lowest BCUT2D eigenvalue weighted by Gasteiger charge is -2.20. The number of nitrogens with one attached hydrogen (secondary N) is 1. The van der Waals surface area contributed by atoms with Crippen molar-refractivity contribution < 1.29 is 14.6 Å². The van der Waals surface area contributed by atoms with E-state index in [1.807, 2.05) is 56.3 Å². The minimum atomic E-state index is -0.862. The molecule has 0 radical (unpaired) electrons. The summed E-state index contributed by atoms with van der Waals surface area (Å²) in [5, 5.41) is 15.7. The van der Waals surface area contributed by atoms with Crippen LogP contribution in [0.25, 0.3) is 10.8 Å². The number of carboxylic acids is 1. The van der Waals surface area contributed by atoms with E-state index in [0.29, 0.717) is 28.9 Å². The Balaban J connectivity index is 1.88. The van der Waals surface area contributed by atoms with E-state index in [1.54, 1.807) is 12.1 Å². The van der Waals surface area contributed by atoms with Crippen molar-refractivity contribution in [2.24, 2.45) is 5.92 Å². The maximum absolute atomic E-state index is 11.6. The molecule has 0 aliphatic carbocycles. The van der Waals surface area contributed by atoms with E-state index in [4.69, 9.17) is 27.9 Å². The van der Waals surface area contributed by atoms with E-state index < -0.39 is 12.0 Å². The van der Waals surface area contributed by atoms with Crippen LogP contribution < -0.4 is 10.1 Å². The number of ether oxygens (including phenoxy) is 1. The first-order valence-electron chi connectivity index (χ1n) is 9.40. The molecule has 0 bridgehead atoms. The van der Waals surface area contributed by atoms with Crippen LogP contribution >= 0.6 is 23.2 Å². The van der Waals surface area contributed by atoms with Gasteiger partial charge in [0.2, 0.25) is 0 Å². The van der Waals surface area contributed by atoms with E-state index in [-0.39, 0.29) is 5.92 Å². The van der Waals surface area contributed by atoms with Crippen LogP contribution in [0.3, 0.4) is 0 Å². The predicted octanol–water partition coefficient (Wildman–Crippen LogP) is 5.92. The van der Waals surface area contributed by atoms with E-state index in [2.05, 4.69) is 5.32 Å². The molecule has 3 aromatic rings. The van der Waals surface area contributed by atoms with Crippen molar-refractivity contribution in [2.75, 3.05) is 0 Å².